The zero-order chi connectivity index (χ0) is 16.4. The highest BCUT2D eigenvalue weighted by Crippen LogP contribution is 2.36. The van der Waals surface area contributed by atoms with Gasteiger partial charge < -0.3 is 10.0 Å². The van der Waals surface area contributed by atoms with E-state index in [4.69, 9.17) is 0 Å². The Morgan fingerprint density at radius 1 is 1.13 bits per heavy atom. The van der Waals surface area contributed by atoms with Gasteiger partial charge in [-0.25, -0.2) is 0 Å². The molecule has 0 saturated carbocycles. The molecule has 1 aliphatic heterocycles. The Bertz CT molecular complexity index is 791. The van der Waals surface area contributed by atoms with Gasteiger partial charge in [0.05, 0.1) is 0 Å². The van der Waals surface area contributed by atoms with E-state index in [1.807, 2.05) is 24.3 Å². The molecule has 23 heavy (non-hydrogen) atoms. The molecule has 2 aromatic carbocycles. The Hall–Kier alpha value is -2.81. The molecule has 3 nitrogen and oxygen atoms in total. The fourth-order valence-corrected chi connectivity index (χ4v) is 2.89. The lowest BCUT2D eigenvalue weighted by Crippen LogP contribution is -2.17. The van der Waals surface area contributed by atoms with Crippen molar-refractivity contribution in [3.8, 4) is 5.75 Å². The Morgan fingerprint density at radius 3 is 2.57 bits per heavy atom. The van der Waals surface area contributed by atoms with Crippen molar-refractivity contribution in [2.75, 3.05) is 7.05 Å². The van der Waals surface area contributed by atoms with Crippen molar-refractivity contribution >= 4 is 11.6 Å². The molecule has 1 N–H and O–H groups in total. The first-order valence-electron chi connectivity index (χ1n) is 7.61. The third kappa shape index (κ3) is 2.78. The lowest BCUT2D eigenvalue weighted by atomic mass is 10.0. The molecule has 0 saturated heterocycles. The van der Waals surface area contributed by atoms with Crippen molar-refractivity contribution in [2.45, 2.75) is 12.8 Å². The summed E-state index contributed by atoms with van der Waals surface area (Å²) in [4.78, 5) is 14.1. The summed E-state index contributed by atoms with van der Waals surface area (Å²) >= 11 is 0. The maximum Gasteiger partial charge on any atom is 0.258 e. The van der Waals surface area contributed by atoms with Gasteiger partial charge in [-0.3, -0.25) is 4.79 Å². The van der Waals surface area contributed by atoms with E-state index >= 15 is 0 Å². The molecule has 0 unspecified atom stereocenters. The van der Waals surface area contributed by atoms with Gasteiger partial charge in [0, 0.05) is 23.9 Å². The van der Waals surface area contributed by atoms with Crippen LogP contribution in [0.4, 0.5) is 0 Å². The van der Waals surface area contributed by atoms with Gasteiger partial charge in [0.1, 0.15) is 5.75 Å². The normalized spacial score (nSPS) is 15.1. The number of fused-ring (bicyclic) bond motifs is 1. The highest BCUT2D eigenvalue weighted by molar-refractivity contribution is 6.09. The van der Waals surface area contributed by atoms with E-state index in [2.05, 4.69) is 18.7 Å². The Labute approximate surface area is 136 Å². The van der Waals surface area contributed by atoms with Crippen molar-refractivity contribution in [3.63, 3.8) is 0 Å². The number of nitrogens with zero attached hydrogens (tertiary/aromatic N) is 1. The topological polar surface area (TPSA) is 40.5 Å². The maximum absolute atomic E-state index is 12.5. The highest BCUT2D eigenvalue weighted by atomic mass is 16.3. The maximum atomic E-state index is 12.5. The van der Waals surface area contributed by atoms with Crippen LogP contribution in [0.3, 0.4) is 0 Å². The lowest BCUT2D eigenvalue weighted by molar-refractivity contribution is 0.0874. The number of amides is 1. The molecule has 3 heteroatoms. The molecule has 2 aromatic rings. The second kappa shape index (κ2) is 6.13. The van der Waals surface area contributed by atoms with Crippen LogP contribution in [0.2, 0.25) is 0 Å². The van der Waals surface area contributed by atoms with Crippen LogP contribution in [-0.2, 0) is 12.8 Å². The van der Waals surface area contributed by atoms with Gasteiger partial charge in [-0.2, -0.15) is 0 Å². The van der Waals surface area contributed by atoms with E-state index in [0.29, 0.717) is 12.0 Å². The number of phenolic OH excluding ortho intramolecular Hbond substituents is 1. The molecule has 116 valence electrons. The first kappa shape index (κ1) is 15.1. The van der Waals surface area contributed by atoms with Crippen LogP contribution in [0.25, 0.3) is 5.70 Å². The van der Waals surface area contributed by atoms with Crippen LogP contribution in [-0.4, -0.2) is 23.0 Å². The van der Waals surface area contributed by atoms with Crippen LogP contribution < -0.4 is 0 Å². The molecule has 0 spiro atoms. The standard InChI is InChI=1S/C20H19NO2/c1-3-7-15-12-17-16(13-19(15)22)18(21(2)20(17)23)11-10-14-8-5-4-6-9-14/h3-6,8-9,11-13,22H,1,7,10H2,2H3/b18-11+. The van der Waals surface area contributed by atoms with Crippen molar-refractivity contribution in [1.29, 1.82) is 0 Å². The van der Waals surface area contributed by atoms with E-state index in [1.165, 1.54) is 5.56 Å². The molecule has 1 amide bonds. The third-order valence-electron chi connectivity index (χ3n) is 4.13. The molecule has 0 radical (unpaired) electrons. The van der Waals surface area contributed by atoms with E-state index in [9.17, 15) is 9.90 Å². The highest BCUT2D eigenvalue weighted by Gasteiger charge is 2.30. The minimum absolute atomic E-state index is 0.0374. The number of hydrogen-bond donors (Lipinski definition) is 1. The van der Waals surface area contributed by atoms with Gasteiger partial charge in [-0.15, -0.1) is 6.58 Å². The van der Waals surface area contributed by atoms with Gasteiger partial charge in [-0.05, 0) is 36.1 Å². The number of hydrogen-bond acceptors (Lipinski definition) is 2. The number of carbonyl (C=O) groups excluding carboxylic acids is 1. The SMILES string of the molecule is C=CCc1cc2c(cc1O)/C(=C\Cc1ccccc1)N(C)C2=O. The second-order valence-corrected chi connectivity index (χ2v) is 5.66. The van der Waals surface area contributed by atoms with Crippen LogP contribution in [0.5, 0.6) is 5.75 Å². The number of rotatable bonds is 4. The fraction of sp³-hybridized carbons (Fsp3) is 0.150. The predicted molar refractivity (Wildman–Crippen MR) is 92.2 cm³/mol. The van der Waals surface area contributed by atoms with E-state index in [1.54, 1.807) is 30.2 Å². The van der Waals surface area contributed by atoms with Crippen molar-refractivity contribution < 1.29 is 9.90 Å². The quantitative estimate of drug-likeness (QED) is 0.873. The molecule has 0 fully saturated rings. The van der Waals surface area contributed by atoms with Gasteiger partial charge in [0.25, 0.3) is 5.91 Å². The molecular weight excluding hydrogens is 286 g/mol. The number of allylic oxidation sites excluding steroid dienone is 2. The minimum Gasteiger partial charge on any atom is -0.508 e. The number of phenols is 1. The monoisotopic (exact) mass is 305 g/mol. The molecular formula is C20H19NO2. The smallest absolute Gasteiger partial charge is 0.258 e. The molecule has 3 rings (SSSR count). The van der Waals surface area contributed by atoms with Gasteiger partial charge >= 0.3 is 0 Å². The Balaban J connectivity index is 2.00. The molecule has 0 aliphatic carbocycles. The molecule has 0 atom stereocenters. The summed E-state index contributed by atoms with van der Waals surface area (Å²) in [7, 11) is 1.77. The van der Waals surface area contributed by atoms with Crippen LogP contribution >= 0.6 is 0 Å². The van der Waals surface area contributed by atoms with Crippen molar-refractivity contribution in [2.24, 2.45) is 0 Å². The molecule has 0 aromatic heterocycles. The number of benzene rings is 2. The third-order valence-corrected chi connectivity index (χ3v) is 4.13. The zero-order valence-electron chi connectivity index (χ0n) is 13.1. The summed E-state index contributed by atoms with van der Waals surface area (Å²) in [5.74, 6) is 0.169. The predicted octanol–water partition coefficient (Wildman–Crippen LogP) is 3.79. The first-order chi connectivity index (χ1) is 11.1. The molecule has 1 aliphatic rings. The Kier molecular flexibility index (Phi) is 4.02. The van der Waals surface area contributed by atoms with Crippen LogP contribution in [0, 0.1) is 0 Å². The first-order valence-corrected chi connectivity index (χ1v) is 7.61. The van der Waals surface area contributed by atoms with E-state index in [0.717, 1.165) is 23.2 Å². The average Bonchev–Trinajstić information content (AvgIpc) is 2.78. The van der Waals surface area contributed by atoms with Gasteiger partial charge in [0.15, 0.2) is 0 Å². The van der Waals surface area contributed by atoms with E-state index < -0.39 is 0 Å². The molecule has 1 heterocycles. The van der Waals surface area contributed by atoms with Gasteiger partial charge in [-0.1, -0.05) is 42.5 Å². The van der Waals surface area contributed by atoms with Crippen LogP contribution in [0.15, 0.2) is 61.2 Å². The lowest BCUT2D eigenvalue weighted by Gasteiger charge is -2.11. The second-order valence-electron chi connectivity index (χ2n) is 5.66. The van der Waals surface area contributed by atoms with E-state index in [-0.39, 0.29) is 11.7 Å². The summed E-state index contributed by atoms with van der Waals surface area (Å²) in [6.45, 7) is 3.68. The Morgan fingerprint density at radius 2 is 1.87 bits per heavy atom. The zero-order valence-corrected chi connectivity index (χ0v) is 13.1. The summed E-state index contributed by atoms with van der Waals surface area (Å²) in [6, 6.07) is 13.5. The number of carbonyl (C=O) groups is 1. The fourth-order valence-electron chi connectivity index (χ4n) is 2.89. The largest absolute Gasteiger partial charge is 0.508 e. The van der Waals surface area contributed by atoms with Crippen molar-refractivity contribution in [3.05, 3.63) is 83.4 Å². The number of aromatic hydroxyl groups is 1. The summed E-state index contributed by atoms with van der Waals surface area (Å²) in [5.41, 5.74) is 4.18. The average molecular weight is 305 g/mol. The van der Waals surface area contributed by atoms with Crippen LogP contribution in [0.1, 0.15) is 27.0 Å². The minimum atomic E-state index is -0.0374. The summed E-state index contributed by atoms with van der Waals surface area (Å²) in [6.07, 6.45) is 5.03. The summed E-state index contributed by atoms with van der Waals surface area (Å²) < 4.78 is 0. The molecule has 0 bridgehead atoms. The van der Waals surface area contributed by atoms with Crippen molar-refractivity contribution in [1.82, 2.24) is 4.90 Å². The van der Waals surface area contributed by atoms with Gasteiger partial charge in [0.2, 0.25) is 0 Å². The summed E-state index contributed by atoms with van der Waals surface area (Å²) in [5, 5.41) is 10.2.